The minimum Gasteiger partial charge on any atom is -0.383 e. The van der Waals surface area contributed by atoms with E-state index in [9.17, 15) is 0 Å². The van der Waals surface area contributed by atoms with Crippen LogP contribution in [0.3, 0.4) is 0 Å². The van der Waals surface area contributed by atoms with Crippen LogP contribution in [-0.4, -0.2) is 9.97 Å². The summed E-state index contributed by atoms with van der Waals surface area (Å²) in [7, 11) is 0. The fourth-order valence-electron chi connectivity index (χ4n) is 3.61. The third kappa shape index (κ3) is 1.94. The van der Waals surface area contributed by atoms with E-state index in [1.165, 1.54) is 25.7 Å². The van der Waals surface area contributed by atoms with Gasteiger partial charge < -0.3 is 5.73 Å². The molecule has 3 unspecified atom stereocenters. The summed E-state index contributed by atoms with van der Waals surface area (Å²) in [6.07, 6.45) is 5.40. The molecule has 2 aliphatic rings. The Labute approximate surface area is 117 Å². The van der Waals surface area contributed by atoms with Crippen molar-refractivity contribution in [3.63, 3.8) is 0 Å². The highest BCUT2D eigenvalue weighted by molar-refractivity contribution is 9.10. The van der Waals surface area contributed by atoms with Crippen molar-refractivity contribution in [2.24, 2.45) is 11.8 Å². The Morgan fingerprint density at radius 2 is 2.00 bits per heavy atom. The van der Waals surface area contributed by atoms with Crippen LogP contribution in [0.1, 0.15) is 62.9 Å². The van der Waals surface area contributed by atoms with Gasteiger partial charge in [0.2, 0.25) is 0 Å². The van der Waals surface area contributed by atoms with Gasteiger partial charge in [0, 0.05) is 5.92 Å². The molecule has 1 aromatic heterocycles. The van der Waals surface area contributed by atoms with Crippen LogP contribution in [0, 0.1) is 11.8 Å². The molecular weight excluding hydrogens is 290 g/mol. The second-order valence-corrected chi connectivity index (χ2v) is 6.90. The topological polar surface area (TPSA) is 51.8 Å². The lowest BCUT2D eigenvalue weighted by Crippen LogP contribution is -2.15. The first-order valence-electron chi connectivity index (χ1n) is 6.89. The van der Waals surface area contributed by atoms with Gasteiger partial charge in [-0.05, 0) is 52.9 Å². The van der Waals surface area contributed by atoms with E-state index in [0.29, 0.717) is 17.7 Å². The summed E-state index contributed by atoms with van der Waals surface area (Å²) >= 11 is 3.51. The molecule has 0 aliphatic heterocycles. The summed E-state index contributed by atoms with van der Waals surface area (Å²) in [6.45, 7) is 4.30. The summed E-state index contributed by atoms with van der Waals surface area (Å²) in [5.41, 5.74) is 7.08. The summed E-state index contributed by atoms with van der Waals surface area (Å²) in [5.74, 6) is 4.24. The molecule has 3 atom stereocenters. The van der Waals surface area contributed by atoms with E-state index >= 15 is 0 Å². The number of aromatic nitrogens is 2. The second kappa shape index (κ2) is 4.48. The van der Waals surface area contributed by atoms with E-state index < -0.39 is 0 Å². The van der Waals surface area contributed by atoms with Crippen molar-refractivity contribution in [3.05, 3.63) is 16.0 Å². The zero-order valence-electron chi connectivity index (χ0n) is 11.0. The number of hydrogen-bond acceptors (Lipinski definition) is 3. The highest BCUT2D eigenvalue weighted by atomic mass is 79.9. The van der Waals surface area contributed by atoms with Gasteiger partial charge in [-0.3, -0.25) is 0 Å². The van der Waals surface area contributed by atoms with Crippen molar-refractivity contribution in [1.82, 2.24) is 9.97 Å². The number of fused-ring (bicyclic) bond motifs is 2. The Balaban J connectivity index is 1.98. The first-order valence-corrected chi connectivity index (χ1v) is 7.68. The number of nitrogen functional groups attached to an aromatic ring is 1. The number of nitrogens with zero attached hydrogens (tertiary/aromatic N) is 2. The molecule has 3 nitrogen and oxygen atoms in total. The Morgan fingerprint density at radius 1 is 1.22 bits per heavy atom. The molecule has 0 saturated heterocycles. The van der Waals surface area contributed by atoms with Crippen LogP contribution in [-0.2, 0) is 0 Å². The number of halogens is 1. The third-order valence-electron chi connectivity index (χ3n) is 4.54. The van der Waals surface area contributed by atoms with Gasteiger partial charge >= 0.3 is 0 Å². The maximum absolute atomic E-state index is 6.03. The van der Waals surface area contributed by atoms with Crippen LogP contribution < -0.4 is 5.73 Å². The van der Waals surface area contributed by atoms with E-state index in [4.69, 9.17) is 10.7 Å². The zero-order valence-corrected chi connectivity index (χ0v) is 12.6. The summed E-state index contributed by atoms with van der Waals surface area (Å²) in [5, 5.41) is 0. The molecule has 2 bridgehead atoms. The van der Waals surface area contributed by atoms with Gasteiger partial charge in [0.15, 0.2) is 0 Å². The summed E-state index contributed by atoms with van der Waals surface area (Å²) in [4.78, 5) is 9.33. The third-order valence-corrected chi connectivity index (χ3v) is 5.35. The number of nitrogens with two attached hydrogens (primary N) is 1. The van der Waals surface area contributed by atoms with E-state index in [1.807, 2.05) is 0 Å². The lowest BCUT2D eigenvalue weighted by molar-refractivity contribution is 0.404. The van der Waals surface area contributed by atoms with Crippen LogP contribution in [0.5, 0.6) is 0 Å². The lowest BCUT2D eigenvalue weighted by Gasteiger charge is -2.22. The molecule has 2 N–H and O–H groups in total. The molecule has 98 valence electrons. The Hall–Kier alpha value is -0.640. The van der Waals surface area contributed by atoms with Gasteiger partial charge in [0.25, 0.3) is 0 Å². The molecule has 1 heterocycles. The molecule has 2 saturated carbocycles. The molecule has 1 aromatic rings. The van der Waals surface area contributed by atoms with Crippen LogP contribution in [0.4, 0.5) is 5.82 Å². The second-order valence-electron chi connectivity index (χ2n) is 6.10. The zero-order chi connectivity index (χ0) is 12.9. The van der Waals surface area contributed by atoms with E-state index in [0.717, 1.165) is 27.8 Å². The van der Waals surface area contributed by atoms with Crippen molar-refractivity contribution >= 4 is 21.7 Å². The van der Waals surface area contributed by atoms with Gasteiger partial charge in [0.1, 0.15) is 11.6 Å². The van der Waals surface area contributed by atoms with Gasteiger partial charge in [-0.1, -0.05) is 20.3 Å². The van der Waals surface area contributed by atoms with Gasteiger partial charge in [-0.15, -0.1) is 0 Å². The molecule has 0 spiro atoms. The Morgan fingerprint density at radius 3 is 2.56 bits per heavy atom. The quantitative estimate of drug-likeness (QED) is 0.902. The first kappa shape index (κ1) is 12.4. The minimum absolute atomic E-state index is 0.377. The minimum atomic E-state index is 0.377. The van der Waals surface area contributed by atoms with Gasteiger partial charge in [-0.2, -0.15) is 0 Å². The fourth-order valence-corrected chi connectivity index (χ4v) is 4.25. The number of hydrogen-bond donors (Lipinski definition) is 1. The van der Waals surface area contributed by atoms with E-state index in [-0.39, 0.29) is 0 Å². The number of anilines is 1. The monoisotopic (exact) mass is 309 g/mol. The van der Waals surface area contributed by atoms with Crippen LogP contribution in [0.15, 0.2) is 4.47 Å². The predicted molar refractivity (Wildman–Crippen MR) is 76.4 cm³/mol. The maximum atomic E-state index is 6.03. The predicted octanol–water partition coefficient (Wildman–Crippen LogP) is 3.85. The average molecular weight is 310 g/mol. The Bertz CT molecular complexity index is 472. The Kier molecular flexibility index (Phi) is 3.08. The molecule has 4 heteroatoms. The SMILES string of the molecule is CC(C)c1nc(C2CC3CCC2C3)nc(N)c1Br. The number of rotatable bonds is 2. The van der Waals surface area contributed by atoms with Gasteiger partial charge in [0.05, 0.1) is 10.2 Å². The molecular formula is C14H20BrN3. The fraction of sp³-hybridized carbons (Fsp3) is 0.714. The van der Waals surface area contributed by atoms with Crippen molar-refractivity contribution in [2.45, 2.75) is 51.4 Å². The van der Waals surface area contributed by atoms with Crippen LogP contribution >= 0.6 is 15.9 Å². The normalized spacial score (nSPS) is 30.3. The van der Waals surface area contributed by atoms with Gasteiger partial charge in [-0.25, -0.2) is 9.97 Å². The lowest BCUT2D eigenvalue weighted by atomic mass is 9.88. The highest BCUT2D eigenvalue weighted by Gasteiger charge is 2.41. The largest absolute Gasteiger partial charge is 0.383 e. The molecule has 0 radical (unpaired) electrons. The van der Waals surface area contributed by atoms with Crippen molar-refractivity contribution < 1.29 is 0 Å². The van der Waals surface area contributed by atoms with E-state index in [1.54, 1.807) is 0 Å². The van der Waals surface area contributed by atoms with Crippen LogP contribution in [0.25, 0.3) is 0 Å². The van der Waals surface area contributed by atoms with Crippen molar-refractivity contribution in [3.8, 4) is 0 Å². The summed E-state index contributed by atoms with van der Waals surface area (Å²) < 4.78 is 0.879. The van der Waals surface area contributed by atoms with Crippen LogP contribution in [0.2, 0.25) is 0 Å². The molecule has 18 heavy (non-hydrogen) atoms. The van der Waals surface area contributed by atoms with Crippen molar-refractivity contribution in [2.75, 3.05) is 5.73 Å². The average Bonchev–Trinajstić information content (AvgIpc) is 2.94. The summed E-state index contributed by atoms with van der Waals surface area (Å²) in [6, 6.07) is 0. The first-order chi connectivity index (χ1) is 8.56. The molecule has 2 fully saturated rings. The molecule has 2 aliphatic carbocycles. The standard InChI is InChI=1S/C14H20BrN3/c1-7(2)12-11(15)13(16)18-14(17-12)10-6-8-3-4-9(10)5-8/h7-10H,3-6H2,1-2H3,(H2,16,17,18). The maximum Gasteiger partial charge on any atom is 0.141 e. The smallest absolute Gasteiger partial charge is 0.141 e. The van der Waals surface area contributed by atoms with E-state index in [2.05, 4.69) is 34.8 Å². The molecule has 3 rings (SSSR count). The van der Waals surface area contributed by atoms with Crippen molar-refractivity contribution in [1.29, 1.82) is 0 Å². The molecule has 0 aromatic carbocycles. The highest BCUT2D eigenvalue weighted by Crippen LogP contribution is 2.52. The molecule has 0 amide bonds.